The summed E-state index contributed by atoms with van der Waals surface area (Å²) in [6, 6.07) is 7.88. The van der Waals surface area contributed by atoms with Crippen LogP contribution in [0, 0.1) is 48.1 Å². The summed E-state index contributed by atoms with van der Waals surface area (Å²) in [4.78, 5) is 24.7. The van der Waals surface area contributed by atoms with Gasteiger partial charge in [0.1, 0.15) is 5.75 Å². The lowest BCUT2D eigenvalue weighted by atomic mass is 9.46. The molecule has 11 heteroatoms. The van der Waals surface area contributed by atoms with Crippen LogP contribution in [0.3, 0.4) is 0 Å². The van der Waals surface area contributed by atoms with Crippen molar-refractivity contribution in [1.29, 1.82) is 0 Å². The molecule has 2 aromatic heterocycles. The van der Waals surface area contributed by atoms with Crippen LogP contribution in [-0.2, 0) is 16.9 Å². The number of carbonyl (C=O) groups excluding carboxylic acids is 1. The monoisotopic (exact) mass is 566 g/mol. The summed E-state index contributed by atoms with van der Waals surface area (Å²) in [5, 5.41) is 24.0. The molecule has 1 N–H and O–H groups in total. The van der Waals surface area contributed by atoms with E-state index in [4.69, 9.17) is 21.4 Å². The van der Waals surface area contributed by atoms with Crippen LogP contribution in [0.5, 0.6) is 5.75 Å². The fourth-order valence-corrected chi connectivity index (χ4v) is 8.59. The van der Waals surface area contributed by atoms with E-state index >= 15 is 0 Å². The molecule has 0 aliphatic heterocycles. The first-order valence-electron chi connectivity index (χ1n) is 13.9. The molecule has 2 unspecified atom stereocenters. The molecule has 4 aliphatic carbocycles. The quantitative estimate of drug-likeness (QED) is 0.266. The molecule has 7 rings (SSSR count). The smallest absolute Gasteiger partial charge is 0.408 e. The Labute approximate surface area is 238 Å². The molecule has 4 bridgehead atoms. The first-order valence-corrected chi connectivity index (χ1v) is 14.3. The molecule has 212 valence electrons. The molecule has 40 heavy (non-hydrogen) atoms. The number of hydrogen-bond donors (Lipinski definition) is 1. The molecular weight excluding hydrogens is 532 g/mol. The number of nitro groups is 1. The number of hydrogen-bond acceptors (Lipinski definition) is 6. The van der Waals surface area contributed by atoms with Crippen LogP contribution >= 0.6 is 11.6 Å². The molecule has 1 amide bonds. The number of rotatable bonds is 8. The number of amides is 1. The third kappa shape index (κ3) is 4.46. The molecule has 0 saturated heterocycles. The zero-order chi connectivity index (χ0) is 28.4. The zero-order valence-corrected chi connectivity index (χ0v) is 24.1. The van der Waals surface area contributed by atoms with Gasteiger partial charge in [0.25, 0.3) is 0 Å². The van der Waals surface area contributed by atoms with Crippen molar-refractivity contribution in [2.75, 3.05) is 12.4 Å². The molecule has 0 spiro atoms. The van der Waals surface area contributed by atoms with Crippen LogP contribution in [0.15, 0.2) is 24.3 Å². The van der Waals surface area contributed by atoms with E-state index in [1.54, 1.807) is 7.11 Å². The molecule has 4 saturated carbocycles. The van der Waals surface area contributed by atoms with Gasteiger partial charge in [-0.15, -0.1) is 0 Å². The fraction of sp³-hybridized carbons (Fsp3) is 0.552. The maximum atomic E-state index is 13.6. The van der Waals surface area contributed by atoms with Crippen molar-refractivity contribution in [3.8, 4) is 5.75 Å². The number of ether oxygens (including phenoxy) is 1. The number of carbonyl (C=O) groups is 1. The van der Waals surface area contributed by atoms with Crippen molar-refractivity contribution in [1.82, 2.24) is 19.6 Å². The molecule has 10 nitrogen and oxygen atoms in total. The molecule has 0 radical (unpaired) electrons. The van der Waals surface area contributed by atoms with E-state index in [0.29, 0.717) is 30.5 Å². The average molecular weight is 567 g/mol. The highest BCUT2D eigenvalue weighted by molar-refractivity contribution is 6.33. The minimum Gasteiger partial charge on any atom is -0.497 e. The molecule has 3 aromatic rings. The second-order valence-electron chi connectivity index (χ2n) is 12.4. The van der Waals surface area contributed by atoms with E-state index in [1.165, 1.54) is 0 Å². The topological polar surface area (TPSA) is 117 Å². The lowest BCUT2D eigenvalue weighted by Crippen LogP contribution is -2.57. The van der Waals surface area contributed by atoms with E-state index < -0.39 is 4.92 Å². The van der Waals surface area contributed by atoms with Crippen LogP contribution in [0.4, 0.5) is 11.5 Å². The predicted octanol–water partition coefficient (Wildman–Crippen LogP) is 5.95. The molecule has 4 aliphatic rings. The summed E-state index contributed by atoms with van der Waals surface area (Å²) in [5.74, 6) is 1.46. The van der Waals surface area contributed by atoms with Gasteiger partial charge in [-0.05, 0) is 99.2 Å². The average Bonchev–Trinajstić information content (AvgIpc) is 3.33. The first-order chi connectivity index (χ1) is 19.0. The SMILES string of the molecule is COc1cccc(Cn2nc(C)c(NC(=O)CC34CC5CC(C3)CC(n3nc([N+](=O)[O-])c(Cl)c3C)(C5)C4)c2C)c1. The summed E-state index contributed by atoms with van der Waals surface area (Å²) in [6.07, 6.45) is 6.21. The highest BCUT2D eigenvalue weighted by Crippen LogP contribution is 2.65. The predicted molar refractivity (Wildman–Crippen MR) is 151 cm³/mol. The third-order valence-electron chi connectivity index (χ3n) is 9.45. The Morgan fingerprint density at radius 2 is 1.90 bits per heavy atom. The number of halogens is 1. The lowest BCUT2D eigenvalue weighted by molar-refractivity contribution is -0.389. The third-order valence-corrected chi connectivity index (χ3v) is 9.89. The maximum Gasteiger partial charge on any atom is 0.408 e. The van der Waals surface area contributed by atoms with Gasteiger partial charge in [-0.25, -0.2) is 0 Å². The summed E-state index contributed by atoms with van der Waals surface area (Å²) < 4.78 is 9.11. The standard InChI is InChI=1S/C29H35ClN6O4/c1-17-26(19(3)34(32-17)15-20-6-5-7-23(9-20)40-4)31-24(37)14-28-10-21-8-22(11-28)13-29(12-21,16-28)35-18(2)25(30)27(33-35)36(38)39/h5-7,9,21-22H,8,10-16H2,1-4H3,(H,31,37). The molecular formula is C29H35ClN6O4. The highest BCUT2D eigenvalue weighted by Gasteiger charge is 2.61. The lowest BCUT2D eigenvalue weighted by Gasteiger charge is -2.61. The van der Waals surface area contributed by atoms with Crippen molar-refractivity contribution in [3.63, 3.8) is 0 Å². The molecule has 4 fully saturated rings. The number of aryl methyl sites for hydroxylation is 1. The van der Waals surface area contributed by atoms with Crippen LogP contribution in [0.2, 0.25) is 5.02 Å². The maximum absolute atomic E-state index is 13.6. The number of nitrogens with one attached hydrogen (secondary N) is 1. The van der Waals surface area contributed by atoms with Crippen LogP contribution < -0.4 is 10.1 Å². The minimum atomic E-state index is -0.505. The second-order valence-corrected chi connectivity index (χ2v) is 12.7. The number of methoxy groups -OCH3 is 1. The van der Waals surface area contributed by atoms with Gasteiger partial charge in [0, 0.05) is 6.42 Å². The Morgan fingerprint density at radius 3 is 2.55 bits per heavy atom. The van der Waals surface area contributed by atoms with E-state index in [-0.39, 0.29) is 27.7 Å². The normalized spacial score (nSPS) is 26.7. The fourth-order valence-electron chi connectivity index (χ4n) is 8.40. The van der Waals surface area contributed by atoms with Gasteiger partial charge in [-0.2, -0.15) is 9.78 Å². The molecule has 2 atom stereocenters. The van der Waals surface area contributed by atoms with Crippen molar-refractivity contribution in [2.45, 2.75) is 77.8 Å². The van der Waals surface area contributed by atoms with Crippen molar-refractivity contribution in [3.05, 3.63) is 62.0 Å². The molecule has 1 aromatic carbocycles. The summed E-state index contributed by atoms with van der Waals surface area (Å²) >= 11 is 6.35. The summed E-state index contributed by atoms with van der Waals surface area (Å²) in [6.45, 7) is 6.29. The number of benzene rings is 1. The Bertz CT molecular complexity index is 1500. The number of anilines is 1. The van der Waals surface area contributed by atoms with Crippen LogP contribution in [0.1, 0.15) is 67.6 Å². The first kappa shape index (κ1) is 26.8. The second kappa shape index (κ2) is 9.61. The number of nitrogens with zero attached hydrogens (tertiary/aromatic N) is 5. The van der Waals surface area contributed by atoms with E-state index in [0.717, 1.165) is 66.9 Å². The summed E-state index contributed by atoms with van der Waals surface area (Å²) in [5.41, 5.74) is 3.67. The van der Waals surface area contributed by atoms with Gasteiger partial charge in [-0.3, -0.25) is 9.48 Å². The Balaban J connectivity index is 1.22. The van der Waals surface area contributed by atoms with E-state index in [1.807, 2.05) is 54.4 Å². The van der Waals surface area contributed by atoms with Gasteiger partial charge >= 0.3 is 5.82 Å². The van der Waals surface area contributed by atoms with Crippen molar-refractivity contribution < 1.29 is 14.5 Å². The summed E-state index contributed by atoms with van der Waals surface area (Å²) in [7, 11) is 1.65. The highest BCUT2D eigenvalue weighted by atomic mass is 35.5. The molecule has 2 heterocycles. The van der Waals surface area contributed by atoms with Gasteiger partial charge in [0.05, 0.1) is 47.1 Å². The number of aromatic nitrogens is 4. The van der Waals surface area contributed by atoms with Gasteiger partial charge in [-0.1, -0.05) is 23.7 Å². The Hall–Kier alpha value is -3.40. The zero-order valence-electron chi connectivity index (χ0n) is 23.4. The van der Waals surface area contributed by atoms with E-state index in [9.17, 15) is 14.9 Å². The van der Waals surface area contributed by atoms with E-state index in [2.05, 4.69) is 10.4 Å². The minimum absolute atomic E-state index is 0.00886. The van der Waals surface area contributed by atoms with Crippen molar-refractivity contribution >= 4 is 29.0 Å². The van der Waals surface area contributed by atoms with Crippen molar-refractivity contribution in [2.24, 2.45) is 17.3 Å². The van der Waals surface area contributed by atoms with Gasteiger partial charge in [0.15, 0.2) is 5.02 Å². The van der Waals surface area contributed by atoms with Crippen LogP contribution in [-0.4, -0.2) is 37.5 Å². The Kier molecular flexibility index (Phi) is 6.44. The van der Waals surface area contributed by atoms with Gasteiger partial charge in [0.2, 0.25) is 5.91 Å². The van der Waals surface area contributed by atoms with Crippen LogP contribution in [0.25, 0.3) is 0 Å². The largest absolute Gasteiger partial charge is 0.497 e. The Morgan fingerprint density at radius 1 is 1.18 bits per heavy atom. The van der Waals surface area contributed by atoms with Gasteiger partial charge < -0.3 is 20.2 Å².